The smallest absolute Gasteiger partial charge is 0.325 e. The van der Waals surface area contributed by atoms with E-state index < -0.39 is 5.91 Å². The van der Waals surface area contributed by atoms with Gasteiger partial charge in [0, 0.05) is 26.6 Å². The number of rotatable bonds is 6. The van der Waals surface area contributed by atoms with E-state index in [-0.39, 0.29) is 23.8 Å². The molecule has 0 bridgehead atoms. The Bertz CT molecular complexity index is 1100. The minimum absolute atomic E-state index is 0.0896. The first-order chi connectivity index (χ1) is 13.9. The van der Waals surface area contributed by atoms with E-state index in [1.165, 1.54) is 18.3 Å². The summed E-state index contributed by atoms with van der Waals surface area (Å²) in [4.78, 5) is 24.3. The Morgan fingerprint density at radius 1 is 1.28 bits per heavy atom. The number of phenols is 1. The van der Waals surface area contributed by atoms with Gasteiger partial charge in [0.1, 0.15) is 12.3 Å². The van der Waals surface area contributed by atoms with E-state index in [9.17, 15) is 14.7 Å². The number of para-hydroxylation sites is 1. The van der Waals surface area contributed by atoms with E-state index in [1.807, 2.05) is 35.8 Å². The molecule has 2 aromatic carbocycles. The summed E-state index contributed by atoms with van der Waals surface area (Å²) in [5.41, 5.74) is 5.01. The SMILES string of the molecule is CCOC(=O)Cn1c(C)c(/C=N/NC(=O)c2cc(Br)ccc2O)c2ccccc21. The second-order valence-corrected chi connectivity index (χ2v) is 7.18. The van der Waals surface area contributed by atoms with Crippen LogP contribution >= 0.6 is 15.9 Å². The average molecular weight is 458 g/mol. The maximum Gasteiger partial charge on any atom is 0.325 e. The fourth-order valence-corrected chi connectivity index (χ4v) is 3.43. The summed E-state index contributed by atoms with van der Waals surface area (Å²) < 4.78 is 7.59. The van der Waals surface area contributed by atoms with Gasteiger partial charge in [-0.1, -0.05) is 34.1 Å². The molecule has 1 aromatic heterocycles. The molecule has 0 saturated carbocycles. The Labute approximate surface area is 176 Å². The van der Waals surface area contributed by atoms with Gasteiger partial charge in [-0.05, 0) is 38.1 Å². The number of fused-ring (bicyclic) bond motifs is 1. The lowest BCUT2D eigenvalue weighted by Crippen LogP contribution is -2.18. The number of hydrogen-bond donors (Lipinski definition) is 2. The van der Waals surface area contributed by atoms with Crippen LogP contribution in [-0.2, 0) is 16.1 Å². The number of aromatic hydroxyl groups is 1. The predicted octanol–water partition coefficient (Wildman–Crippen LogP) is 3.74. The van der Waals surface area contributed by atoms with Crippen molar-refractivity contribution in [2.45, 2.75) is 20.4 Å². The molecule has 7 nitrogen and oxygen atoms in total. The van der Waals surface area contributed by atoms with Crippen molar-refractivity contribution in [3.8, 4) is 5.75 Å². The van der Waals surface area contributed by atoms with Crippen molar-refractivity contribution in [1.29, 1.82) is 0 Å². The third-order valence-electron chi connectivity index (χ3n) is 4.44. The molecule has 2 N–H and O–H groups in total. The van der Waals surface area contributed by atoms with Crippen molar-refractivity contribution in [2.75, 3.05) is 6.61 Å². The fourth-order valence-electron chi connectivity index (χ4n) is 3.07. The first-order valence-electron chi connectivity index (χ1n) is 8.97. The standard InChI is InChI=1S/C21H20BrN3O4/c1-3-29-20(27)12-25-13(2)17(15-6-4-5-7-18(15)25)11-23-24-21(28)16-10-14(22)8-9-19(16)26/h4-11,26H,3,12H2,1-2H3,(H,24,28)/b23-11+. The highest BCUT2D eigenvalue weighted by Gasteiger charge is 2.16. The number of benzene rings is 2. The molecule has 0 fully saturated rings. The number of ether oxygens (including phenoxy) is 1. The van der Waals surface area contributed by atoms with Gasteiger partial charge >= 0.3 is 5.97 Å². The van der Waals surface area contributed by atoms with E-state index >= 15 is 0 Å². The molecule has 150 valence electrons. The summed E-state index contributed by atoms with van der Waals surface area (Å²) >= 11 is 3.27. The number of amides is 1. The Morgan fingerprint density at radius 3 is 2.79 bits per heavy atom. The first-order valence-corrected chi connectivity index (χ1v) is 9.77. The van der Waals surface area contributed by atoms with Crippen LogP contribution in [0.25, 0.3) is 10.9 Å². The second kappa shape index (κ2) is 8.91. The molecule has 0 saturated heterocycles. The number of hydrogen-bond acceptors (Lipinski definition) is 5. The van der Waals surface area contributed by atoms with Crippen molar-refractivity contribution in [1.82, 2.24) is 9.99 Å². The van der Waals surface area contributed by atoms with E-state index in [1.54, 1.807) is 13.0 Å². The maximum absolute atomic E-state index is 12.3. The molecular weight excluding hydrogens is 438 g/mol. The summed E-state index contributed by atoms with van der Waals surface area (Å²) in [5.74, 6) is -0.991. The molecule has 0 aliphatic heterocycles. The highest BCUT2D eigenvalue weighted by molar-refractivity contribution is 9.10. The van der Waals surface area contributed by atoms with Crippen molar-refractivity contribution < 1.29 is 19.4 Å². The van der Waals surface area contributed by atoms with Crippen molar-refractivity contribution in [2.24, 2.45) is 5.10 Å². The number of hydrazone groups is 1. The average Bonchev–Trinajstić information content (AvgIpc) is 2.96. The Hall–Kier alpha value is -3.13. The highest BCUT2D eigenvalue weighted by atomic mass is 79.9. The van der Waals surface area contributed by atoms with E-state index in [4.69, 9.17) is 4.74 Å². The first kappa shape index (κ1) is 20.6. The molecule has 0 spiro atoms. The highest BCUT2D eigenvalue weighted by Crippen LogP contribution is 2.25. The van der Waals surface area contributed by atoms with Crippen LogP contribution in [0.4, 0.5) is 0 Å². The van der Waals surface area contributed by atoms with Crippen LogP contribution in [0.2, 0.25) is 0 Å². The molecular formula is C21H20BrN3O4. The quantitative estimate of drug-likeness (QED) is 0.334. The number of aromatic nitrogens is 1. The number of nitrogens with one attached hydrogen (secondary N) is 1. The predicted molar refractivity (Wildman–Crippen MR) is 114 cm³/mol. The Kier molecular flexibility index (Phi) is 6.33. The van der Waals surface area contributed by atoms with Crippen LogP contribution in [0.3, 0.4) is 0 Å². The van der Waals surface area contributed by atoms with E-state index in [2.05, 4.69) is 26.5 Å². The summed E-state index contributed by atoms with van der Waals surface area (Å²) in [6, 6.07) is 12.2. The Morgan fingerprint density at radius 2 is 2.03 bits per heavy atom. The number of esters is 1. The number of nitrogens with zero attached hydrogens (tertiary/aromatic N) is 2. The molecule has 29 heavy (non-hydrogen) atoms. The minimum atomic E-state index is -0.534. The monoisotopic (exact) mass is 457 g/mol. The zero-order valence-electron chi connectivity index (χ0n) is 16.0. The summed E-state index contributed by atoms with van der Waals surface area (Å²) in [6.45, 7) is 4.05. The number of halogens is 1. The lowest BCUT2D eigenvalue weighted by molar-refractivity contribution is -0.143. The molecule has 3 rings (SSSR count). The van der Waals surface area contributed by atoms with Gasteiger partial charge in [0.25, 0.3) is 5.91 Å². The zero-order valence-corrected chi connectivity index (χ0v) is 17.6. The third-order valence-corrected chi connectivity index (χ3v) is 4.93. The second-order valence-electron chi connectivity index (χ2n) is 6.27. The van der Waals surface area contributed by atoms with Gasteiger partial charge in [-0.2, -0.15) is 5.10 Å². The maximum atomic E-state index is 12.3. The molecule has 0 unspecified atom stereocenters. The molecule has 1 heterocycles. The molecule has 0 radical (unpaired) electrons. The van der Waals surface area contributed by atoms with Crippen molar-refractivity contribution in [3.05, 3.63) is 63.8 Å². The third kappa shape index (κ3) is 4.48. The zero-order chi connectivity index (χ0) is 21.0. The van der Waals surface area contributed by atoms with Crippen LogP contribution in [0.15, 0.2) is 52.0 Å². The lowest BCUT2D eigenvalue weighted by Gasteiger charge is -2.07. The Balaban J connectivity index is 1.88. The van der Waals surface area contributed by atoms with Crippen LogP contribution in [0.5, 0.6) is 5.75 Å². The number of phenolic OH excluding ortho intramolecular Hbond substituents is 1. The molecule has 3 aromatic rings. The van der Waals surface area contributed by atoms with Gasteiger partial charge in [0.2, 0.25) is 0 Å². The van der Waals surface area contributed by atoms with Crippen LogP contribution in [0.1, 0.15) is 28.5 Å². The van der Waals surface area contributed by atoms with Crippen molar-refractivity contribution >= 4 is 44.9 Å². The van der Waals surface area contributed by atoms with E-state index in [0.29, 0.717) is 11.1 Å². The lowest BCUT2D eigenvalue weighted by atomic mass is 10.1. The summed E-state index contributed by atoms with van der Waals surface area (Å²) in [6.07, 6.45) is 1.53. The number of carbonyl (C=O) groups is 2. The fraction of sp³-hybridized carbons (Fsp3) is 0.190. The molecule has 0 aliphatic carbocycles. The van der Waals surface area contributed by atoms with E-state index in [0.717, 1.165) is 22.2 Å². The molecule has 0 aliphatic rings. The normalized spacial score (nSPS) is 11.1. The van der Waals surface area contributed by atoms with Gasteiger partial charge in [-0.25, -0.2) is 5.43 Å². The van der Waals surface area contributed by atoms with Crippen LogP contribution in [-0.4, -0.2) is 34.4 Å². The van der Waals surface area contributed by atoms with Gasteiger partial charge in [0.05, 0.1) is 18.4 Å². The summed E-state index contributed by atoms with van der Waals surface area (Å²) in [7, 11) is 0. The van der Waals surface area contributed by atoms with Crippen LogP contribution in [0, 0.1) is 6.92 Å². The number of carbonyl (C=O) groups excluding carboxylic acids is 2. The van der Waals surface area contributed by atoms with Crippen molar-refractivity contribution in [3.63, 3.8) is 0 Å². The molecule has 1 amide bonds. The van der Waals surface area contributed by atoms with Gasteiger partial charge in [-0.15, -0.1) is 0 Å². The largest absolute Gasteiger partial charge is 0.507 e. The topological polar surface area (TPSA) is 92.9 Å². The van der Waals surface area contributed by atoms with Gasteiger partial charge in [0.15, 0.2) is 0 Å². The van der Waals surface area contributed by atoms with Crippen LogP contribution < -0.4 is 5.43 Å². The molecule has 0 atom stereocenters. The molecule has 8 heteroatoms. The summed E-state index contributed by atoms with van der Waals surface area (Å²) in [5, 5.41) is 14.8. The van der Waals surface area contributed by atoms with Gasteiger partial charge in [-0.3, -0.25) is 9.59 Å². The minimum Gasteiger partial charge on any atom is -0.507 e. The van der Waals surface area contributed by atoms with Gasteiger partial charge < -0.3 is 14.4 Å².